The van der Waals surface area contributed by atoms with Crippen LogP contribution in [-0.4, -0.2) is 7.11 Å². The minimum atomic E-state index is -0.262. The van der Waals surface area contributed by atoms with Crippen molar-refractivity contribution in [2.24, 2.45) is 5.92 Å². The monoisotopic (exact) mass is 256 g/mol. The fourth-order valence-electron chi connectivity index (χ4n) is 2.55. The van der Waals surface area contributed by atoms with Gasteiger partial charge >= 0.3 is 0 Å². The Morgan fingerprint density at radius 1 is 1.41 bits per heavy atom. The van der Waals surface area contributed by atoms with E-state index in [2.05, 4.69) is 0 Å². The molecule has 2 rings (SSSR count). The molecule has 0 N–H and O–H groups in total. The number of halogens is 2. The third-order valence-electron chi connectivity index (χ3n) is 3.56. The summed E-state index contributed by atoms with van der Waals surface area (Å²) in [5.74, 6) is 0.942. The lowest BCUT2D eigenvalue weighted by Gasteiger charge is -2.15. The van der Waals surface area contributed by atoms with Crippen LogP contribution >= 0.6 is 11.6 Å². The van der Waals surface area contributed by atoms with E-state index in [4.69, 9.17) is 16.3 Å². The molecule has 0 spiro atoms. The fraction of sp³-hybridized carbons (Fsp3) is 0.571. The van der Waals surface area contributed by atoms with Crippen LogP contribution in [0, 0.1) is 11.7 Å². The highest BCUT2D eigenvalue weighted by atomic mass is 35.5. The summed E-state index contributed by atoms with van der Waals surface area (Å²) < 4.78 is 18.8. The number of rotatable bonds is 4. The summed E-state index contributed by atoms with van der Waals surface area (Å²) in [6.07, 6.45) is 5.94. The van der Waals surface area contributed by atoms with Crippen molar-refractivity contribution in [1.82, 2.24) is 0 Å². The van der Waals surface area contributed by atoms with Crippen LogP contribution in [0.25, 0.3) is 0 Å². The Labute approximate surface area is 107 Å². The molecule has 1 nitrogen and oxygen atoms in total. The first kappa shape index (κ1) is 12.7. The maximum atomic E-state index is 13.8. The summed E-state index contributed by atoms with van der Waals surface area (Å²) in [4.78, 5) is 0. The molecule has 94 valence electrons. The summed E-state index contributed by atoms with van der Waals surface area (Å²) >= 11 is 6.31. The Morgan fingerprint density at radius 2 is 2.12 bits per heavy atom. The van der Waals surface area contributed by atoms with Gasteiger partial charge in [0.15, 0.2) is 0 Å². The van der Waals surface area contributed by atoms with Gasteiger partial charge in [-0.2, -0.15) is 0 Å². The molecule has 1 aromatic carbocycles. The van der Waals surface area contributed by atoms with Gasteiger partial charge in [-0.15, -0.1) is 11.6 Å². The highest BCUT2D eigenvalue weighted by Gasteiger charge is 2.21. The largest absolute Gasteiger partial charge is 0.497 e. The maximum Gasteiger partial charge on any atom is 0.131 e. The molecule has 0 saturated heterocycles. The maximum absolute atomic E-state index is 13.8. The Kier molecular flexibility index (Phi) is 4.27. The van der Waals surface area contributed by atoms with E-state index in [1.165, 1.54) is 38.9 Å². The van der Waals surface area contributed by atoms with Crippen molar-refractivity contribution >= 4 is 11.6 Å². The summed E-state index contributed by atoms with van der Waals surface area (Å²) in [7, 11) is 1.53. The van der Waals surface area contributed by atoms with E-state index in [1.54, 1.807) is 12.1 Å². The second-order valence-corrected chi connectivity index (χ2v) is 5.27. The van der Waals surface area contributed by atoms with Crippen LogP contribution < -0.4 is 4.74 Å². The molecule has 0 aromatic heterocycles. The Bertz CT molecular complexity index is 374. The van der Waals surface area contributed by atoms with Gasteiger partial charge in [0.05, 0.1) is 12.5 Å². The minimum Gasteiger partial charge on any atom is -0.497 e. The molecule has 0 radical (unpaired) electrons. The van der Waals surface area contributed by atoms with Crippen molar-refractivity contribution in [3.63, 3.8) is 0 Å². The summed E-state index contributed by atoms with van der Waals surface area (Å²) in [6, 6.07) is 4.91. The van der Waals surface area contributed by atoms with E-state index in [0.29, 0.717) is 17.2 Å². The van der Waals surface area contributed by atoms with Crippen molar-refractivity contribution in [2.75, 3.05) is 7.11 Å². The summed E-state index contributed by atoms with van der Waals surface area (Å²) in [5.41, 5.74) is 0.597. The molecule has 0 aliphatic heterocycles. The topological polar surface area (TPSA) is 9.23 Å². The van der Waals surface area contributed by atoms with Crippen molar-refractivity contribution < 1.29 is 9.13 Å². The lowest BCUT2D eigenvalue weighted by molar-refractivity contribution is 0.410. The van der Waals surface area contributed by atoms with E-state index in [-0.39, 0.29) is 11.2 Å². The van der Waals surface area contributed by atoms with Gasteiger partial charge in [-0.1, -0.05) is 31.7 Å². The Morgan fingerprint density at radius 3 is 2.71 bits per heavy atom. The standard InChI is InChI=1S/C14H18ClFO/c1-17-11-6-7-12(14(16)9-11)13(15)8-10-4-2-3-5-10/h6-7,9-10,13H,2-5,8H2,1H3. The number of hydrogen-bond acceptors (Lipinski definition) is 1. The highest BCUT2D eigenvalue weighted by molar-refractivity contribution is 6.20. The molecule has 1 atom stereocenters. The zero-order chi connectivity index (χ0) is 12.3. The first-order valence-electron chi connectivity index (χ1n) is 6.18. The van der Waals surface area contributed by atoms with Gasteiger partial charge in [0.1, 0.15) is 11.6 Å². The van der Waals surface area contributed by atoms with E-state index in [0.717, 1.165) is 6.42 Å². The number of alkyl halides is 1. The van der Waals surface area contributed by atoms with Crippen LogP contribution in [0.5, 0.6) is 5.75 Å². The number of methoxy groups -OCH3 is 1. The molecule has 0 amide bonds. The third-order valence-corrected chi connectivity index (χ3v) is 3.97. The van der Waals surface area contributed by atoms with Crippen molar-refractivity contribution in [1.29, 1.82) is 0 Å². The molecule has 1 aliphatic rings. The van der Waals surface area contributed by atoms with Crippen LogP contribution in [0.15, 0.2) is 18.2 Å². The lowest BCUT2D eigenvalue weighted by Crippen LogP contribution is -2.02. The zero-order valence-electron chi connectivity index (χ0n) is 10.1. The first-order valence-corrected chi connectivity index (χ1v) is 6.62. The Balaban J connectivity index is 2.04. The molecule has 1 unspecified atom stereocenters. The summed E-state index contributed by atoms with van der Waals surface area (Å²) in [5, 5.41) is -0.219. The smallest absolute Gasteiger partial charge is 0.131 e. The number of ether oxygens (including phenoxy) is 1. The quantitative estimate of drug-likeness (QED) is 0.710. The zero-order valence-corrected chi connectivity index (χ0v) is 10.8. The number of benzene rings is 1. The lowest BCUT2D eigenvalue weighted by atomic mass is 9.97. The van der Waals surface area contributed by atoms with E-state index >= 15 is 0 Å². The van der Waals surface area contributed by atoms with E-state index in [1.807, 2.05) is 0 Å². The first-order chi connectivity index (χ1) is 8.20. The van der Waals surface area contributed by atoms with Gasteiger partial charge in [0.25, 0.3) is 0 Å². The van der Waals surface area contributed by atoms with E-state index in [9.17, 15) is 4.39 Å². The van der Waals surface area contributed by atoms with E-state index < -0.39 is 0 Å². The second kappa shape index (κ2) is 5.72. The van der Waals surface area contributed by atoms with Gasteiger partial charge < -0.3 is 4.74 Å². The predicted molar refractivity (Wildman–Crippen MR) is 68.1 cm³/mol. The number of hydrogen-bond donors (Lipinski definition) is 0. The summed E-state index contributed by atoms with van der Waals surface area (Å²) in [6.45, 7) is 0. The second-order valence-electron chi connectivity index (χ2n) is 4.74. The van der Waals surface area contributed by atoms with Gasteiger partial charge in [-0.25, -0.2) is 4.39 Å². The van der Waals surface area contributed by atoms with Crippen LogP contribution in [0.1, 0.15) is 43.0 Å². The molecule has 0 heterocycles. The minimum absolute atomic E-state index is 0.219. The average molecular weight is 257 g/mol. The van der Waals surface area contributed by atoms with Crippen LogP contribution in [0.2, 0.25) is 0 Å². The van der Waals surface area contributed by atoms with Crippen LogP contribution in [-0.2, 0) is 0 Å². The van der Waals surface area contributed by atoms with Crippen LogP contribution in [0.4, 0.5) is 4.39 Å². The average Bonchev–Trinajstić information content (AvgIpc) is 2.81. The van der Waals surface area contributed by atoms with Gasteiger partial charge in [-0.3, -0.25) is 0 Å². The predicted octanol–water partition coefficient (Wildman–Crippen LogP) is 4.69. The highest BCUT2D eigenvalue weighted by Crippen LogP contribution is 2.37. The molecule has 0 bridgehead atoms. The van der Waals surface area contributed by atoms with Crippen molar-refractivity contribution in [3.8, 4) is 5.75 Å². The molecule has 1 fully saturated rings. The third kappa shape index (κ3) is 3.12. The molecule has 17 heavy (non-hydrogen) atoms. The van der Waals surface area contributed by atoms with Crippen molar-refractivity contribution in [3.05, 3.63) is 29.6 Å². The van der Waals surface area contributed by atoms with Crippen molar-refractivity contribution in [2.45, 2.75) is 37.5 Å². The Hall–Kier alpha value is -0.760. The molecule has 1 saturated carbocycles. The molecular formula is C14H18ClFO. The van der Waals surface area contributed by atoms with Gasteiger partial charge in [0, 0.05) is 11.6 Å². The van der Waals surface area contributed by atoms with Crippen LogP contribution in [0.3, 0.4) is 0 Å². The van der Waals surface area contributed by atoms with Gasteiger partial charge in [0.2, 0.25) is 0 Å². The molecule has 3 heteroatoms. The SMILES string of the molecule is COc1ccc(C(Cl)CC2CCCC2)c(F)c1. The fourth-order valence-corrected chi connectivity index (χ4v) is 2.98. The van der Waals surface area contributed by atoms with Gasteiger partial charge in [-0.05, 0) is 18.4 Å². The molecule has 1 aliphatic carbocycles. The molecular weight excluding hydrogens is 239 g/mol. The molecule has 1 aromatic rings. The normalized spacial score (nSPS) is 18.3.